The Kier molecular flexibility index (Phi) is 4.81. The Morgan fingerprint density at radius 2 is 2.28 bits per heavy atom. The van der Waals surface area contributed by atoms with Crippen LogP contribution in [0.2, 0.25) is 0 Å². The van der Waals surface area contributed by atoms with Crippen molar-refractivity contribution in [3.05, 3.63) is 35.5 Å². The standard InChI is InChI=1S/C13H17N3OS/c1-10(9-17)6-14-7-11-8-16-13(18-11)12-4-2-3-5-15-12/h2-5,8,10,14,17H,6-7,9H2,1H3. The van der Waals surface area contributed by atoms with Gasteiger partial charge in [0.15, 0.2) is 0 Å². The highest BCUT2D eigenvalue weighted by atomic mass is 32.1. The number of thiazole rings is 1. The number of aromatic nitrogens is 2. The van der Waals surface area contributed by atoms with Crippen molar-refractivity contribution in [3.8, 4) is 10.7 Å². The van der Waals surface area contributed by atoms with Gasteiger partial charge in [-0.3, -0.25) is 4.98 Å². The molecule has 0 radical (unpaired) electrons. The molecule has 1 atom stereocenters. The minimum absolute atomic E-state index is 0.217. The lowest BCUT2D eigenvalue weighted by Gasteiger charge is -2.07. The van der Waals surface area contributed by atoms with Crippen LogP contribution < -0.4 is 5.32 Å². The van der Waals surface area contributed by atoms with E-state index in [0.717, 1.165) is 23.8 Å². The third kappa shape index (κ3) is 3.60. The van der Waals surface area contributed by atoms with E-state index in [1.807, 2.05) is 31.3 Å². The maximum atomic E-state index is 8.93. The summed E-state index contributed by atoms with van der Waals surface area (Å²) in [5.74, 6) is 0.285. The molecule has 2 N–H and O–H groups in total. The molecule has 0 aliphatic carbocycles. The third-order valence-electron chi connectivity index (χ3n) is 2.54. The van der Waals surface area contributed by atoms with Crippen LogP contribution in [0.25, 0.3) is 10.7 Å². The Balaban J connectivity index is 1.91. The average molecular weight is 263 g/mol. The first-order valence-corrected chi connectivity index (χ1v) is 6.79. The predicted molar refractivity (Wildman–Crippen MR) is 73.3 cm³/mol. The van der Waals surface area contributed by atoms with Crippen molar-refractivity contribution in [1.82, 2.24) is 15.3 Å². The monoisotopic (exact) mass is 263 g/mol. The van der Waals surface area contributed by atoms with Gasteiger partial charge < -0.3 is 10.4 Å². The van der Waals surface area contributed by atoms with E-state index in [4.69, 9.17) is 5.11 Å². The second-order valence-electron chi connectivity index (χ2n) is 4.27. The highest BCUT2D eigenvalue weighted by Crippen LogP contribution is 2.22. The zero-order valence-corrected chi connectivity index (χ0v) is 11.2. The summed E-state index contributed by atoms with van der Waals surface area (Å²) < 4.78 is 0. The van der Waals surface area contributed by atoms with Gasteiger partial charge in [0.2, 0.25) is 0 Å². The van der Waals surface area contributed by atoms with Crippen LogP contribution in [0.1, 0.15) is 11.8 Å². The van der Waals surface area contributed by atoms with E-state index < -0.39 is 0 Å². The first-order chi connectivity index (χ1) is 8.79. The summed E-state index contributed by atoms with van der Waals surface area (Å²) in [6, 6.07) is 5.82. The molecule has 2 rings (SSSR count). The van der Waals surface area contributed by atoms with Crippen LogP contribution in [-0.2, 0) is 6.54 Å². The number of hydrogen-bond acceptors (Lipinski definition) is 5. The molecule has 4 nitrogen and oxygen atoms in total. The first-order valence-electron chi connectivity index (χ1n) is 5.97. The number of nitrogens with one attached hydrogen (secondary N) is 1. The molecule has 5 heteroatoms. The van der Waals surface area contributed by atoms with E-state index >= 15 is 0 Å². The van der Waals surface area contributed by atoms with Crippen molar-refractivity contribution in [2.45, 2.75) is 13.5 Å². The number of aliphatic hydroxyl groups excluding tert-OH is 1. The molecule has 2 heterocycles. The van der Waals surface area contributed by atoms with Crippen LogP contribution in [0.4, 0.5) is 0 Å². The molecule has 2 aromatic heterocycles. The lowest BCUT2D eigenvalue weighted by atomic mass is 10.2. The zero-order chi connectivity index (χ0) is 12.8. The Hall–Kier alpha value is -1.30. The van der Waals surface area contributed by atoms with Gasteiger partial charge in [-0.2, -0.15) is 0 Å². The summed E-state index contributed by atoms with van der Waals surface area (Å²) >= 11 is 1.65. The van der Waals surface area contributed by atoms with Gasteiger partial charge in [-0.05, 0) is 18.1 Å². The number of rotatable bonds is 6. The molecule has 0 amide bonds. The Bertz CT molecular complexity index is 472. The van der Waals surface area contributed by atoms with E-state index in [-0.39, 0.29) is 12.5 Å². The molecule has 0 aliphatic heterocycles. The van der Waals surface area contributed by atoms with Gasteiger partial charge in [0.1, 0.15) is 5.01 Å². The quantitative estimate of drug-likeness (QED) is 0.836. The van der Waals surface area contributed by atoms with Gasteiger partial charge in [-0.15, -0.1) is 11.3 Å². The Morgan fingerprint density at radius 3 is 3.00 bits per heavy atom. The normalized spacial score (nSPS) is 12.6. The molecular weight excluding hydrogens is 246 g/mol. The van der Waals surface area contributed by atoms with E-state index in [1.165, 1.54) is 4.88 Å². The van der Waals surface area contributed by atoms with Crippen molar-refractivity contribution < 1.29 is 5.11 Å². The Morgan fingerprint density at radius 1 is 1.39 bits per heavy atom. The summed E-state index contributed by atoms with van der Waals surface area (Å²) in [4.78, 5) is 9.83. The summed E-state index contributed by atoms with van der Waals surface area (Å²) in [5.41, 5.74) is 0.914. The number of aliphatic hydroxyl groups is 1. The van der Waals surface area contributed by atoms with Gasteiger partial charge in [-0.25, -0.2) is 4.98 Å². The second kappa shape index (κ2) is 6.58. The van der Waals surface area contributed by atoms with Gasteiger partial charge in [0, 0.05) is 37.0 Å². The molecule has 0 spiro atoms. The smallest absolute Gasteiger partial charge is 0.142 e. The molecule has 0 aliphatic rings. The van der Waals surface area contributed by atoms with E-state index in [2.05, 4.69) is 15.3 Å². The molecular formula is C13H17N3OS. The topological polar surface area (TPSA) is 58.0 Å². The maximum Gasteiger partial charge on any atom is 0.142 e. The highest BCUT2D eigenvalue weighted by Gasteiger charge is 2.05. The van der Waals surface area contributed by atoms with E-state index in [0.29, 0.717) is 0 Å². The largest absolute Gasteiger partial charge is 0.396 e. The van der Waals surface area contributed by atoms with Crippen LogP contribution in [-0.4, -0.2) is 28.2 Å². The minimum Gasteiger partial charge on any atom is -0.396 e. The third-order valence-corrected chi connectivity index (χ3v) is 3.56. The van der Waals surface area contributed by atoms with Crippen molar-refractivity contribution >= 4 is 11.3 Å². The van der Waals surface area contributed by atoms with Gasteiger partial charge >= 0.3 is 0 Å². The second-order valence-corrected chi connectivity index (χ2v) is 5.38. The van der Waals surface area contributed by atoms with Crippen molar-refractivity contribution in [3.63, 3.8) is 0 Å². The lowest BCUT2D eigenvalue weighted by molar-refractivity contribution is 0.233. The molecule has 0 bridgehead atoms. The molecule has 2 aromatic rings. The van der Waals surface area contributed by atoms with Crippen molar-refractivity contribution in [2.75, 3.05) is 13.2 Å². The minimum atomic E-state index is 0.217. The van der Waals surface area contributed by atoms with Crippen LogP contribution in [0.5, 0.6) is 0 Å². The van der Waals surface area contributed by atoms with E-state index in [9.17, 15) is 0 Å². The fourth-order valence-electron chi connectivity index (χ4n) is 1.50. The lowest BCUT2D eigenvalue weighted by Crippen LogP contribution is -2.22. The predicted octanol–water partition coefficient (Wildman–Crippen LogP) is 1.92. The van der Waals surface area contributed by atoms with Gasteiger partial charge in [0.05, 0.1) is 5.69 Å². The van der Waals surface area contributed by atoms with Crippen molar-refractivity contribution in [1.29, 1.82) is 0 Å². The molecule has 0 saturated carbocycles. The number of nitrogens with zero attached hydrogens (tertiary/aromatic N) is 2. The molecule has 96 valence electrons. The summed E-state index contributed by atoms with van der Waals surface area (Å²) in [5, 5.41) is 13.2. The summed E-state index contributed by atoms with van der Waals surface area (Å²) in [7, 11) is 0. The highest BCUT2D eigenvalue weighted by molar-refractivity contribution is 7.14. The number of pyridine rings is 1. The van der Waals surface area contributed by atoms with Crippen LogP contribution >= 0.6 is 11.3 Å². The molecule has 0 fully saturated rings. The fourth-order valence-corrected chi connectivity index (χ4v) is 2.36. The average Bonchev–Trinajstić information content (AvgIpc) is 2.88. The maximum absolute atomic E-state index is 8.93. The van der Waals surface area contributed by atoms with Crippen molar-refractivity contribution in [2.24, 2.45) is 5.92 Å². The first kappa shape index (κ1) is 13.1. The zero-order valence-electron chi connectivity index (χ0n) is 10.3. The SMILES string of the molecule is CC(CO)CNCc1cnc(-c2ccccn2)s1. The molecule has 18 heavy (non-hydrogen) atoms. The van der Waals surface area contributed by atoms with Gasteiger partial charge in [0.25, 0.3) is 0 Å². The number of hydrogen-bond donors (Lipinski definition) is 2. The van der Waals surface area contributed by atoms with E-state index in [1.54, 1.807) is 17.5 Å². The Labute approximate surface area is 111 Å². The summed E-state index contributed by atoms with van der Waals surface area (Å²) in [6.07, 6.45) is 3.66. The fraction of sp³-hybridized carbons (Fsp3) is 0.385. The van der Waals surface area contributed by atoms with Gasteiger partial charge in [-0.1, -0.05) is 13.0 Å². The molecule has 1 unspecified atom stereocenters. The van der Waals surface area contributed by atoms with Crippen LogP contribution in [0, 0.1) is 5.92 Å². The molecule has 0 aromatic carbocycles. The molecule has 0 saturated heterocycles. The van der Waals surface area contributed by atoms with Crippen LogP contribution in [0.15, 0.2) is 30.6 Å². The van der Waals surface area contributed by atoms with Crippen LogP contribution in [0.3, 0.4) is 0 Å². The summed E-state index contributed by atoms with van der Waals surface area (Å²) in [6.45, 7) is 3.83.